The van der Waals surface area contributed by atoms with Gasteiger partial charge in [-0.2, -0.15) is 0 Å². The Hall–Kier alpha value is -0.570. The lowest BCUT2D eigenvalue weighted by atomic mass is 10.4. The van der Waals surface area contributed by atoms with Crippen LogP contribution in [0, 0.1) is 0 Å². The van der Waals surface area contributed by atoms with Gasteiger partial charge in [-0.15, -0.1) is 0 Å². The molecule has 0 atom stereocenters. The Morgan fingerprint density at radius 2 is 2.20 bits per heavy atom. The summed E-state index contributed by atoms with van der Waals surface area (Å²) in [5.41, 5.74) is 0. The van der Waals surface area contributed by atoms with E-state index in [1.165, 1.54) is 11.3 Å². The molecule has 1 heterocycles. The largest absolute Gasteiger partial charge is 0.319 e. The Labute approximate surface area is 64.9 Å². The van der Waals surface area contributed by atoms with Crippen molar-refractivity contribution in [3.05, 3.63) is 20.7 Å². The van der Waals surface area contributed by atoms with Gasteiger partial charge in [0.15, 0.2) is 0 Å². The molecule has 0 bridgehead atoms. The van der Waals surface area contributed by atoms with E-state index in [9.17, 15) is 4.79 Å². The summed E-state index contributed by atoms with van der Waals surface area (Å²) in [5.74, 6) is 0. The standard InChI is InChI=1S/C5H7NOS.C2H6/c1-2-4-3-6-5(7)8-4;1-2/h3H,2H2,1H3,(H,6,7);1-2H3. The van der Waals surface area contributed by atoms with Gasteiger partial charge in [-0.3, -0.25) is 4.79 Å². The number of thiazole rings is 1. The van der Waals surface area contributed by atoms with Crippen molar-refractivity contribution in [2.75, 3.05) is 0 Å². The number of nitrogens with one attached hydrogen (secondary N) is 1. The van der Waals surface area contributed by atoms with Gasteiger partial charge < -0.3 is 4.98 Å². The number of aromatic amines is 1. The summed E-state index contributed by atoms with van der Waals surface area (Å²) in [6, 6.07) is 0. The Kier molecular flexibility index (Phi) is 4.94. The van der Waals surface area contributed by atoms with Crippen molar-refractivity contribution in [3.63, 3.8) is 0 Å². The molecule has 0 saturated carbocycles. The number of aryl methyl sites for hydroxylation is 1. The van der Waals surface area contributed by atoms with Crippen molar-refractivity contribution in [1.82, 2.24) is 4.98 Å². The lowest BCUT2D eigenvalue weighted by molar-refractivity contribution is 1.16. The van der Waals surface area contributed by atoms with Crippen molar-refractivity contribution < 1.29 is 0 Å². The van der Waals surface area contributed by atoms with Crippen molar-refractivity contribution in [2.24, 2.45) is 0 Å². The van der Waals surface area contributed by atoms with Crippen LogP contribution in [0.4, 0.5) is 0 Å². The van der Waals surface area contributed by atoms with Crippen LogP contribution in [0.2, 0.25) is 0 Å². The summed E-state index contributed by atoms with van der Waals surface area (Å²) < 4.78 is 0. The fraction of sp³-hybridized carbons (Fsp3) is 0.571. The summed E-state index contributed by atoms with van der Waals surface area (Å²) >= 11 is 1.28. The molecule has 1 aromatic heterocycles. The Morgan fingerprint density at radius 1 is 1.60 bits per heavy atom. The monoisotopic (exact) mass is 159 g/mol. The van der Waals surface area contributed by atoms with Crippen LogP contribution in [0.1, 0.15) is 25.6 Å². The highest BCUT2D eigenvalue weighted by Crippen LogP contribution is 1.98. The van der Waals surface area contributed by atoms with E-state index in [1.54, 1.807) is 6.20 Å². The molecule has 10 heavy (non-hydrogen) atoms. The third-order valence-corrected chi connectivity index (χ3v) is 1.90. The molecule has 0 radical (unpaired) electrons. The first kappa shape index (κ1) is 9.43. The lowest BCUT2D eigenvalue weighted by Crippen LogP contribution is -1.88. The van der Waals surface area contributed by atoms with Gasteiger partial charge in [-0.1, -0.05) is 32.1 Å². The molecule has 1 N–H and O–H groups in total. The molecule has 0 spiro atoms. The second-order valence-corrected chi connectivity index (χ2v) is 2.60. The van der Waals surface area contributed by atoms with Crippen LogP contribution in [0.25, 0.3) is 0 Å². The number of rotatable bonds is 1. The highest BCUT2D eigenvalue weighted by Gasteiger charge is 1.89. The molecule has 0 unspecified atom stereocenters. The zero-order chi connectivity index (χ0) is 7.98. The number of hydrogen-bond donors (Lipinski definition) is 1. The Balaban J connectivity index is 0.000000371. The molecule has 0 amide bonds. The Bertz CT molecular complexity index is 213. The molecule has 3 heteroatoms. The van der Waals surface area contributed by atoms with Crippen LogP contribution < -0.4 is 4.87 Å². The first-order chi connectivity index (χ1) is 4.83. The SMILES string of the molecule is CC.CCc1c[nH]c(=O)s1. The maximum absolute atomic E-state index is 10.4. The molecule has 0 aliphatic rings. The van der Waals surface area contributed by atoms with Gasteiger partial charge in [0.1, 0.15) is 0 Å². The molecule has 58 valence electrons. The topological polar surface area (TPSA) is 32.9 Å². The van der Waals surface area contributed by atoms with Gasteiger partial charge in [0.05, 0.1) is 0 Å². The van der Waals surface area contributed by atoms with Crippen LogP contribution >= 0.6 is 11.3 Å². The fourth-order valence-corrected chi connectivity index (χ4v) is 1.11. The van der Waals surface area contributed by atoms with Gasteiger partial charge in [0, 0.05) is 11.1 Å². The van der Waals surface area contributed by atoms with E-state index >= 15 is 0 Å². The minimum atomic E-state index is 0.0434. The first-order valence-corrected chi connectivity index (χ1v) is 4.32. The fourth-order valence-electron chi connectivity index (χ4n) is 0.492. The molecule has 2 nitrogen and oxygen atoms in total. The molecule has 0 fully saturated rings. The van der Waals surface area contributed by atoms with E-state index in [-0.39, 0.29) is 4.87 Å². The van der Waals surface area contributed by atoms with Crippen molar-refractivity contribution in [3.8, 4) is 0 Å². The van der Waals surface area contributed by atoms with E-state index in [4.69, 9.17) is 0 Å². The quantitative estimate of drug-likeness (QED) is 0.668. The van der Waals surface area contributed by atoms with Crippen molar-refractivity contribution in [2.45, 2.75) is 27.2 Å². The molecule has 0 aliphatic carbocycles. The zero-order valence-electron chi connectivity index (χ0n) is 6.60. The molecule has 0 aliphatic heterocycles. The van der Waals surface area contributed by atoms with E-state index in [0.717, 1.165) is 11.3 Å². The third-order valence-electron chi connectivity index (χ3n) is 0.923. The maximum Gasteiger partial charge on any atom is 0.304 e. The van der Waals surface area contributed by atoms with Crippen LogP contribution in [0.3, 0.4) is 0 Å². The van der Waals surface area contributed by atoms with E-state index in [1.807, 2.05) is 20.8 Å². The maximum atomic E-state index is 10.4. The van der Waals surface area contributed by atoms with Crippen molar-refractivity contribution in [1.29, 1.82) is 0 Å². The van der Waals surface area contributed by atoms with Gasteiger partial charge >= 0.3 is 4.87 Å². The van der Waals surface area contributed by atoms with Crippen LogP contribution in [0.5, 0.6) is 0 Å². The van der Waals surface area contributed by atoms with Crippen LogP contribution in [-0.4, -0.2) is 4.98 Å². The predicted octanol–water partition coefficient (Wildman–Crippen LogP) is 2.02. The number of aromatic nitrogens is 1. The number of H-pyrrole nitrogens is 1. The van der Waals surface area contributed by atoms with E-state index in [2.05, 4.69) is 4.98 Å². The molecule has 0 saturated heterocycles. The summed E-state index contributed by atoms with van der Waals surface area (Å²) in [4.78, 5) is 14.2. The molecular formula is C7H13NOS. The highest BCUT2D eigenvalue weighted by molar-refractivity contribution is 7.09. The second-order valence-electron chi connectivity index (χ2n) is 1.50. The van der Waals surface area contributed by atoms with Gasteiger partial charge in [0.2, 0.25) is 0 Å². The molecule has 1 rings (SSSR count). The zero-order valence-corrected chi connectivity index (χ0v) is 7.42. The first-order valence-electron chi connectivity index (χ1n) is 3.50. The minimum Gasteiger partial charge on any atom is -0.319 e. The minimum absolute atomic E-state index is 0.0434. The molecule has 1 aromatic rings. The second kappa shape index (κ2) is 5.23. The molecular weight excluding hydrogens is 146 g/mol. The molecule has 0 aromatic carbocycles. The predicted molar refractivity (Wildman–Crippen MR) is 45.7 cm³/mol. The van der Waals surface area contributed by atoms with Gasteiger partial charge in [0.25, 0.3) is 0 Å². The Morgan fingerprint density at radius 3 is 2.40 bits per heavy atom. The third kappa shape index (κ3) is 2.82. The summed E-state index contributed by atoms with van der Waals surface area (Å²) in [6.45, 7) is 6.03. The van der Waals surface area contributed by atoms with Crippen LogP contribution in [-0.2, 0) is 6.42 Å². The lowest BCUT2D eigenvalue weighted by Gasteiger charge is -1.76. The smallest absolute Gasteiger partial charge is 0.304 e. The summed E-state index contributed by atoms with van der Waals surface area (Å²) in [5, 5.41) is 0. The van der Waals surface area contributed by atoms with Crippen LogP contribution in [0.15, 0.2) is 11.0 Å². The summed E-state index contributed by atoms with van der Waals surface area (Å²) in [7, 11) is 0. The average molecular weight is 159 g/mol. The average Bonchev–Trinajstić information content (AvgIpc) is 2.40. The van der Waals surface area contributed by atoms with E-state index < -0.39 is 0 Å². The van der Waals surface area contributed by atoms with Crippen molar-refractivity contribution >= 4 is 11.3 Å². The van der Waals surface area contributed by atoms with E-state index in [0.29, 0.717) is 0 Å². The van der Waals surface area contributed by atoms with Gasteiger partial charge in [-0.05, 0) is 6.42 Å². The number of hydrogen-bond acceptors (Lipinski definition) is 2. The highest BCUT2D eigenvalue weighted by atomic mass is 32.1. The summed E-state index contributed by atoms with van der Waals surface area (Å²) in [6.07, 6.45) is 2.70. The normalized spacial score (nSPS) is 8.30. The van der Waals surface area contributed by atoms with Gasteiger partial charge in [-0.25, -0.2) is 0 Å².